The first kappa shape index (κ1) is 12.7. The number of likely N-dealkylation sites (N-methyl/N-ethyl adjacent to an activating group) is 1. The standard InChI is InChI=1S/C15H20N2O/c1-15(10-5-4-7-12(15)11-16-18)13-8-6-9-14(13)17(2)3/h4-7,9-12,18H,8H2,1-3H3/b16-11+. The van der Waals surface area contributed by atoms with Gasteiger partial charge in [-0.1, -0.05) is 37.3 Å². The molecule has 0 saturated carbocycles. The predicted octanol–water partition coefficient (Wildman–Crippen LogP) is 2.97. The van der Waals surface area contributed by atoms with Crippen molar-refractivity contribution in [1.82, 2.24) is 4.90 Å². The van der Waals surface area contributed by atoms with Gasteiger partial charge in [0.05, 0.1) is 6.21 Å². The minimum absolute atomic E-state index is 0.0948. The summed E-state index contributed by atoms with van der Waals surface area (Å²) in [6, 6.07) is 0. The highest BCUT2D eigenvalue weighted by Crippen LogP contribution is 2.44. The van der Waals surface area contributed by atoms with Crippen LogP contribution < -0.4 is 0 Å². The highest BCUT2D eigenvalue weighted by molar-refractivity contribution is 5.67. The Kier molecular flexibility index (Phi) is 3.41. The molecule has 0 aliphatic heterocycles. The molecule has 2 unspecified atom stereocenters. The second-order valence-electron chi connectivity index (χ2n) is 5.18. The first-order valence-electron chi connectivity index (χ1n) is 6.20. The molecule has 2 aliphatic rings. The molecule has 0 aromatic carbocycles. The third kappa shape index (κ3) is 2.01. The van der Waals surface area contributed by atoms with Gasteiger partial charge in [0.25, 0.3) is 0 Å². The Hall–Kier alpha value is -1.77. The molecule has 3 nitrogen and oxygen atoms in total. The van der Waals surface area contributed by atoms with E-state index >= 15 is 0 Å². The van der Waals surface area contributed by atoms with Gasteiger partial charge in [0.2, 0.25) is 0 Å². The summed E-state index contributed by atoms with van der Waals surface area (Å²) < 4.78 is 0. The maximum Gasteiger partial charge on any atom is 0.0516 e. The van der Waals surface area contributed by atoms with Gasteiger partial charge in [-0.25, -0.2) is 0 Å². The monoisotopic (exact) mass is 244 g/mol. The molecule has 1 N–H and O–H groups in total. The van der Waals surface area contributed by atoms with Crippen molar-refractivity contribution in [3.8, 4) is 0 Å². The van der Waals surface area contributed by atoms with Crippen molar-refractivity contribution in [1.29, 1.82) is 0 Å². The Bertz CT molecular complexity index is 469. The lowest BCUT2D eigenvalue weighted by atomic mass is 9.69. The van der Waals surface area contributed by atoms with Crippen LogP contribution >= 0.6 is 0 Å². The summed E-state index contributed by atoms with van der Waals surface area (Å²) in [5.74, 6) is 0.0948. The van der Waals surface area contributed by atoms with Crippen molar-refractivity contribution >= 4 is 6.21 Å². The minimum Gasteiger partial charge on any atom is -0.411 e. The second kappa shape index (κ2) is 4.84. The van der Waals surface area contributed by atoms with Crippen LogP contribution in [0.25, 0.3) is 0 Å². The molecule has 0 spiro atoms. The molecule has 18 heavy (non-hydrogen) atoms. The van der Waals surface area contributed by atoms with Crippen LogP contribution in [0.2, 0.25) is 0 Å². The first-order valence-corrected chi connectivity index (χ1v) is 6.20. The lowest BCUT2D eigenvalue weighted by Crippen LogP contribution is -2.30. The van der Waals surface area contributed by atoms with E-state index < -0.39 is 0 Å². The van der Waals surface area contributed by atoms with Gasteiger partial charge < -0.3 is 10.1 Å². The number of rotatable bonds is 3. The number of nitrogens with zero attached hydrogens (tertiary/aromatic N) is 2. The predicted molar refractivity (Wildman–Crippen MR) is 74.6 cm³/mol. The van der Waals surface area contributed by atoms with Crippen molar-refractivity contribution in [3.63, 3.8) is 0 Å². The van der Waals surface area contributed by atoms with Crippen molar-refractivity contribution in [2.75, 3.05) is 14.1 Å². The van der Waals surface area contributed by atoms with Crippen LogP contribution in [0, 0.1) is 11.3 Å². The molecular formula is C15H20N2O. The van der Waals surface area contributed by atoms with Crippen LogP contribution in [0.1, 0.15) is 13.3 Å². The van der Waals surface area contributed by atoms with Gasteiger partial charge in [0.1, 0.15) is 0 Å². The SMILES string of the molecule is CN(C)C1=C(C2(C)C=CC=CC2/C=N/O)CC=C1. The van der Waals surface area contributed by atoms with Crippen molar-refractivity contribution in [2.24, 2.45) is 16.5 Å². The van der Waals surface area contributed by atoms with E-state index in [-0.39, 0.29) is 11.3 Å². The average molecular weight is 244 g/mol. The van der Waals surface area contributed by atoms with E-state index in [1.807, 2.05) is 6.08 Å². The van der Waals surface area contributed by atoms with Gasteiger partial charge in [-0.15, -0.1) is 5.16 Å². The number of oxime groups is 1. The molecule has 0 bridgehead atoms. The zero-order valence-electron chi connectivity index (χ0n) is 11.2. The maximum absolute atomic E-state index is 8.84. The molecule has 0 fully saturated rings. The highest BCUT2D eigenvalue weighted by atomic mass is 16.4. The maximum atomic E-state index is 8.84. The number of allylic oxidation sites excluding steroid dienone is 7. The Morgan fingerprint density at radius 3 is 2.89 bits per heavy atom. The van der Waals surface area contributed by atoms with Crippen molar-refractivity contribution in [3.05, 3.63) is 47.7 Å². The summed E-state index contributed by atoms with van der Waals surface area (Å²) in [6.45, 7) is 2.20. The van der Waals surface area contributed by atoms with Gasteiger partial charge in [-0.2, -0.15) is 0 Å². The molecule has 2 atom stereocenters. The molecule has 0 saturated heterocycles. The van der Waals surface area contributed by atoms with Gasteiger partial charge in [0.15, 0.2) is 0 Å². The molecule has 0 amide bonds. The average Bonchev–Trinajstić information content (AvgIpc) is 2.82. The Morgan fingerprint density at radius 1 is 1.44 bits per heavy atom. The normalized spacial score (nSPS) is 30.7. The largest absolute Gasteiger partial charge is 0.411 e. The Balaban J connectivity index is 2.44. The fraction of sp³-hybridized carbons (Fsp3) is 0.400. The van der Waals surface area contributed by atoms with E-state index in [9.17, 15) is 0 Å². The topological polar surface area (TPSA) is 35.8 Å². The minimum atomic E-state index is -0.121. The van der Waals surface area contributed by atoms with Crippen LogP contribution in [0.4, 0.5) is 0 Å². The molecular weight excluding hydrogens is 224 g/mol. The van der Waals surface area contributed by atoms with Crippen LogP contribution in [0.3, 0.4) is 0 Å². The van der Waals surface area contributed by atoms with E-state index in [1.54, 1.807) is 6.21 Å². The van der Waals surface area contributed by atoms with E-state index in [1.165, 1.54) is 11.3 Å². The molecule has 2 aliphatic carbocycles. The fourth-order valence-corrected chi connectivity index (χ4v) is 2.74. The second-order valence-corrected chi connectivity index (χ2v) is 5.18. The van der Waals surface area contributed by atoms with Gasteiger partial charge in [0, 0.05) is 31.1 Å². The number of hydrogen-bond donors (Lipinski definition) is 1. The Labute approximate surface area is 108 Å². The van der Waals surface area contributed by atoms with E-state index in [4.69, 9.17) is 5.21 Å². The van der Waals surface area contributed by atoms with Crippen LogP contribution in [0.5, 0.6) is 0 Å². The highest BCUT2D eigenvalue weighted by Gasteiger charge is 2.37. The van der Waals surface area contributed by atoms with E-state index in [2.05, 4.69) is 61.5 Å². The lowest BCUT2D eigenvalue weighted by Gasteiger charge is -2.36. The van der Waals surface area contributed by atoms with Crippen LogP contribution in [-0.2, 0) is 0 Å². The third-order valence-corrected chi connectivity index (χ3v) is 3.83. The zero-order valence-corrected chi connectivity index (χ0v) is 11.2. The molecule has 3 heteroatoms. The summed E-state index contributed by atoms with van der Waals surface area (Å²) in [6.07, 6.45) is 15.3. The van der Waals surface area contributed by atoms with E-state index in [0.29, 0.717) is 0 Å². The van der Waals surface area contributed by atoms with E-state index in [0.717, 1.165) is 6.42 Å². The lowest BCUT2D eigenvalue weighted by molar-refractivity contribution is 0.314. The van der Waals surface area contributed by atoms with Crippen molar-refractivity contribution in [2.45, 2.75) is 13.3 Å². The van der Waals surface area contributed by atoms with Crippen LogP contribution in [0.15, 0.2) is 52.9 Å². The number of hydrogen-bond acceptors (Lipinski definition) is 3. The summed E-state index contributed by atoms with van der Waals surface area (Å²) >= 11 is 0. The van der Waals surface area contributed by atoms with Crippen molar-refractivity contribution < 1.29 is 5.21 Å². The summed E-state index contributed by atoms with van der Waals surface area (Å²) in [5.41, 5.74) is 2.51. The summed E-state index contributed by atoms with van der Waals surface area (Å²) in [4.78, 5) is 2.14. The molecule has 2 rings (SSSR count). The molecule has 96 valence electrons. The third-order valence-electron chi connectivity index (χ3n) is 3.83. The van der Waals surface area contributed by atoms with Gasteiger partial charge >= 0.3 is 0 Å². The zero-order chi connectivity index (χ0) is 13.2. The molecule has 0 radical (unpaired) electrons. The van der Waals surface area contributed by atoms with Crippen LogP contribution in [-0.4, -0.2) is 30.4 Å². The smallest absolute Gasteiger partial charge is 0.0516 e. The van der Waals surface area contributed by atoms with Gasteiger partial charge in [-0.3, -0.25) is 0 Å². The first-order chi connectivity index (χ1) is 8.59. The molecule has 0 heterocycles. The Morgan fingerprint density at radius 2 is 2.22 bits per heavy atom. The summed E-state index contributed by atoms with van der Waals surface area (Å²) in [5, 5.41) is 12.1. The summed E-state index contributed by atoms with van der Waals surface area (Å²) in [7, 11) is 4.12. The quantitative estimate of drug-likeness (QED) is 0.470. The molecule has 0 aromatic rings. The molecule has 0 aromatic heterocycles. The van der Waals surface area contributed by atoms with Gasteiger partial charge in [-0.05, 0) is 18.1 Å². The fourth-order valence-electron chi connectivity index (χ4n) is 2.74.